The normalized spacial score (nSPS) is 19.0. The number of carbonyl (C=O) groups is 1. The molecule has 0 saturated carbocycles. The van der Waals surface area contributed by atoms with Gasteiger partial charge in [0.05, 0.1) is 6.61 Å². The number of nitrogens with zero attached hydrogens (tertiary/aromatic N) is 1. The van der Waals surface area contributed by atoms with Crippen LogP contribution in [0.1, 0.15) is 25.3 Å². The van der Waals surface area contributed by atoms with Crippen LogP contribution in [0.5, 0.6) is 5.75 Å². The molecule has 1 heterocycles. The Balaban J connectivity index is 1.60. The number of hydrogen-bond acceptors (Lipinski definition) is 3. The smallest absolute Gasteiger partial charge is 0.217 e. The molecule has 1 aromatic carbocycles. The molecule has 1 N–H and O–H groups in total. The van der Waals surface area contributed by atoms with Crippen LogP contribution in [-0.2, 0) is 4.79 Å². The Morgan fingerprint density at radius 3 is 2.85 bits per heavy atom. The molecule has 0 aliphatic carbocycles. The van der Waals surface area contributed by atoms with Gasteiger partial charge in [0.15, 0.2) is 0 Å². The molecule has 1 amide bonds. The summed E-state index contributed by atoms with van der Waals surface area (Å²) in [6, 6.07) is 8.48. The number of carbonyl (C=O) groups excluding carboxylic acids is 1. The van der Waals surface area contributed by atoms with Crippen molar-refractivity contribution in [3.05, 3.63) is 29.8 Å². The minimum Gasteiger partial charge on any atom is -0.494 e. The summed E-state index contributed by atoms with van der Waals surface area (Å²) in [6.45, 7) is 7.45. The molecule has 0 aromatic heterocycles. The lowest BCUT2D eigenvalue weighted by Crippen LogP contribution is -2.35. The fraction of sp³-hybridized carbons (Fsp3) is 0.562. The summed E-state index contributed by atoms with van der Waals surface area (Å²) in [4.78, 5) is 13.4. The van der Waals surface area contributed by atoms with Crippen molar-refractivity contribution in [2.75, 3.05) is 26.2 Å². The number of rotatable bonds is 6. The van der Waals surface area contributed by atoms with Crippen LogP contribution in [0.25, 0.3) is 0 Å². The summed E-state index contributed by atoms with van der Waals surface area (Å²) < 4.78 is 5.72. The maximum absolute atomic E-state index is 11.0. The largest absolute Gasteiger partial charge is 0.494 e. The number of hydrogen-bond donors (Lipinski definition) is 1. The Morgan fingerprint density at radius 2 is 2.15 bits per heavy atom. The third kappa shape index (κ3) is 4.85. The molecule has 0 bridgehead atoms. The van der Waals surface area contributed by atoms with Crippen LogP contribution in [-0.4, -0.2) is 43.1 Å². The van der Waals surface area contributed by atoms with Crippen molar-refractivity contribution in [1.29, 1.82) is 0 Å². The van der Waals surface area contributed by atoms with Gasteiger partial charge in [0.25, 0.3) is 0 Å². The minimum absolute atomic E-state index is 0.0690. The molecule has 2 rings (SSSR count). The molecule has 1 aromatic rings. The Labute approximate surface area is 121 Å². The molecule has 1 fully saturated rings. The van der Waals surface area contributed by atoms with Crippen LogP contribution < -0.4 is 10.1 Å². The Bertz CT molecular complexity index is 431. The van der Waals surface area contributed by atoms with Crippen molar-refractivity contribution in [1.82, 2.24) is 10.2 Å². The third-order valence-electron chi connectivity index (χ3n) is 3.59. The highest BCUT2D eigenvalue weighted by molar-refractivity contribution is 5.73. The first-order valence-corrected chi connectivity index (χ1v) is 7.32. The molecule has 4 nitrogen and oxygen atoms in total. The van der Waals surface area contributed by atoms with Gasteiger partial charge in [-0.2, -0.15) is 0 Å². The van der Waals surface area contributed by atoms with Gasteiger partial charge in [-0.3, -0.25) is 4.79 Å². The molecule has 0 radical (unpaired) electrons. The van der Waals surface area contributed by atoms with Gasteiger partial charge < -0.3 is 15.0 Å². The van der Waals surface area contributed by atoms with Crippen LogP contribution in [0.2, 0.25) is 0 Å². The van der Waals surface area contributed by atoms with Crippen LogP contribution in [0.4, 0.5) is 0 Å². The summed E-state index contributed by atoms with van der Waals surface area (Å²) >= 11 is 0. The van der Waals surface area contributed by atoms with Crippen LogP contribution >= 0.6 is 0 Å². The van der Waals surface area contributed by atoms with E-state index in [9.17, 15) is 4.79 Å². The maximum atomic E-state index is 11.0. The highest BCUT2D eigenvalue weighted by atomic mass is 16.5. The molecular weight excluding hydrogens is 252 g/mol. The first-order chi connectivity index (χ1) is 9.63. The van der Waals surface area contributed by atoms with E-state index in [1.807, 2.05) is 12.1 Å². The molecule has 1 saturated heterocycles. The Morgan fingerprint density at radius 1 is 1.40 bits per heavy atom. The third-order valence-corrected chi connectivity index (χ3v) is 3.59. The Kier molecular flexibility index (Phi) is 5.41. The van der Waals surface area contributed by atoms with E-state index in [0.717, 1.165) is 44.8 Å². The van der Waals surface area contributed by atoms with Crippen molar-refractivity contribution >= 4 is 5.91 Å². The maximum Gasteiger partial charge on any atom is 0.217 e. The average Bonchev–Trinajstić information content (AvgIpc) is 2.83. The summed E-state index contributed by atoms with van der Waals surface area (Å²) in [5.41, 5.74) is 1.25. The monoisotopic (exact) mass is 276 g/mol. The van der Waals surface area contributed by atoms with Gasteiger partial charge in [-0.15, -0.1) is 0 Å². The molecule has 1 aliphatic rings. The number of aryl methyl sites for hydroxylation is 1. The molecule has 1 unspecified atom stereocenters. The van der Waals surface area contributed by atoms with Gasteiger partial charge in [-0.1, -0.05) is 17.7 Å². The molecule has 0 spiro atoms. The number of nitrogens with one attached hydrogen (secondary N) is 1. The van der Waals surface area contributed by atoms with Crippen LogP contribution in [0, 0.1) is 6.92 Å². The van der Waals surface area contributed by atoms with Crippen molar-refractivity contribution < 1.29 is 9.53 Å². The van der Waals surface area contributed by atoms with Crippen LogP contribution in [0.3, 0.4) is 0 Å². The van der Waals surface area contributed by atoms with E-state index in [1.54, 1.807) is 6.92 Å². The van der Waals surface area contributed by atoms with E-state index < -0.39 is 0 Å². The standard InChI is InChI=1S/C16H24N2O2/c1-13-4-6-16(7-5-13)20-11-3-9-18-10-8-15(12-18)17-14(2)19/h4-7,15H,3,8-12H2,1-2H3,(H,17,19). The lowest BCUT2D eigenvalue weighted by atomic mass is 10.2. The second-order valence-corrected chi connectivity index (χ2v) is 5.50. The Hall–Kier alpha value is -1.55. The van der Waals surface area contributed by atoms with E-state index in [2.05, 4.69) is 29.3 Å². The molecule has 1 aliphatic heterocycles. The van der Waals surface area contributed by atoms with Gasteiger partial charge in [0, 0.05) is 32.6 Å². The number of benzene rings is 1. The zero-order valence-electron chi connectivity index (χ0n) is 12.4. The molecule has 20 heavy (non-hydrogen) atoms. The van der Waals surface area contributed by atoms with Crippen molar-refractivity contribution in [3.8, 4) is 5.75 Å². The first-order valence-electron chi connectivity index (χ1n) is 7.32. The van der Waals surface area contributed by atoms with Crippen LogP contribution in [0.15, 0.2) is 24.3 Å². The van der Waals surface area contributed by atoms with E-state index >= 15 is 0 Å². The molecule has 1 atom stereocenters. The topological polar surface area (TPSA) is 41.6 Å². The fourth-order valence-corrected chi connectivity index (χ4v) is 2.55. The highest BCUT2D eigenvalue weighted by Gasteiger charge is 2.22. The van der Waals surface area contributed by atoms with E-state index in [1.165, 1.54) is 5.56 Å². The van der Waals surface area contributed by atoms with Gasteiger partial charge in [0.1, 0.15) is 5.75 Å². The lowest BCUT2D eigenvalue weighted by Gasteiger charge is -2.16. The lowest BCUT2D eigenvalue weighted by molar-refractivity contribution is -0.119. The predicted octanol–water partition coefficient (Wildman–Crippen LogP) is 1.97. The second kappa shape index (κ2) is 7.29. The summed E-state index contributed by atoms with van der Waals surface area (Å²) in [6.07, 6.45) is 2.07. The highest BCUT2D eigenvalue weighted by Crippen LogP contribution is 2.13. The van der Waals surface area contributed by atoms with Gasteiger partial charge in [-0.25, -0.2) is 0 Å². The van der Waals surface area contributed by atoms with E-state index in [4.69, 9.17) is 4.74 Å². The zero-order valence-corrected chi connectivity index (χ0v) is 12.4. The molecular formula is C16H24N2O2. The van der Waals surface area contributed by atoms with E-state index in [0.29, 0.717) is 6.04 Å². The summed E-state index contributed by atoms with van der Waals surface area (Å²) in [5.74, 6) is 1.01. The van der Waals surface area contributed by atoms with Gasteiger partial charge in [-0.05, 0) is 31.9 Å². The van der Waals surface area contributed by atoms with Crippen molar-refractivity contribution in [2.24, 2.45) is 0 Å². The SMILES string of the molecule is CC(=O)NC1CCN(CCCOc2ccc(C)cc2)C1. The van der Waals surface area contributed by atoms with Crippen molar-refractivity contribution in [2.45, 2.75) is 32.7 Å². The predicted molar refractivity (Wildman–Crippen MR) is 80.0 cm³/mol. The quantitative estimate of drug-likeness (QED) is 0.808. The number of ether oxygens (including phenoxy) is 1. The van der Waals surface area contributed by atoms with Gasteiger partial charge in [0.2, 0.25) is 5.91 Å². The number of amides is 1. The van der Waals surface area contributed by atoms with Gasteiger partial charge >= 0.3 is 0 Å². The first kappa shape index (κ1) is 14.9. The minimum atomic E-state index is 0.0690. The number of likely N-dealkylation sites (tertiary alicyclic amines) is 1. The average molecular weight is 276 g/mol. The summed E-state index contributed by atoms with van der Waals surface area (Å²) in [5, 5.41) is 2.98. The zero-order chi connectivity index (χ0) is 14.4. The second-order valence-electron chi connectivity index (χ2n) is 5.50. The molecule has 110 valence electrons. The fourth-order valence-electron chi connectivity index (χ4n) is 2.55. The van der Waals surface area contributed by atoms with Crippen molar-refractivity contribution in [3.63, 3.8) is 0 Å². The van der Waals surface area contributed by atoms with E-state index in [-0.39, 0.29) is 5.91 Å². The molecule has 4 heteroatoms. The summed E-state index contributed by atoms with van der Waals surface area (Å²) in [7, 11) is 0.